The van der Waals surface area contributed by atoms with Crippen LogP contribution in [0.3, 0.4) is 0 Å². The zero-order valence-electron chi connectivity index (χ0n) is 11.0. The molecule has 0 fully saturated rings. The first-order valence-electron chi connectivity index (χ1n) is 6.27. The van der Waals surface area contributed by atoms with Gasteiger partial charge in [-0.15, -0.1) is 0 Å². The summed E-state index contributed by atoms with van der Waals surface area (Å²) in [5.41, 5.74) is 1.59. The van der Waals surface area contributed by atoms with Crippen molar-refractivity contribution in [3.8, 4) is 5.75 Å². The van der Waals surface area contributed by atoms with Gasteiger partial charge in [-0.25, -0.2) is 4.39 Å². The van der Waals surface area contributed by atoms with Gasteiger partial charge in [0, 0.05) is 11.6 Å². The molecule has 0 aliphatic carbocycles. The van der Waals surface area contributed by atoms with Gasteiger partial charge >= 0.3 is 0 Å². The fourth-order valence-electron chi connectivity index (χ4n) is 1.94. The first kappa shape index (κ1) is 13.6. The predicted octanol–water partition coefficient (Wildman–Crippen LogP) is 4.02. The van der Waals surface area contributed by atoms with Crippen LogP contribution in [0.15, 0.2) is 48.5 Å². The summed E-state index contributed by atoms with van der Waals surface area (Å²) in [6.07, 6.45) is -0.904. The minimum Gasteiger partial charge on any atom is -0.486 e. The normalized spacial score (nSPS) is 13.9. The van der Waals surface area contributed by atoms with E-state index in [0.717, 1.165) is 5.56 Å². The number of halogens is 1. The minimum atomic E-state index is -0.696. The van der Waals surface area contributed by atoms with Gasteiger partial charge in [0.2, 0.25) is 0 Å². The van der Waals surface area contributed by atoms with Crippen LogP contribution in [-0.2, 0) is 0 Å². The Kier molecular flexibility index (Phi) is 4.17. The second-order valence-corrected chi connectivity index (χ2v) is 4.53. The van der Waals surface area contributed by atoms with Crippen LogP contribution in [0.5, 0.6) is 5.75 Å². The molecule has 0 heterocycles. The molecule has 0 spiro atoms. The van der Waals surface area contributed by atoms with Gasteiger partial charge < -0.3 is 9.84 Å². The summed E-state index contributed by atoms with van der Waals surface area (Å²) in [6.45, 7) is 3.53. The van der Waals surface area contributed by atoms with Gasteiger partial charge in [-0.1, -0.05) is 30.3 Å². The molecular weight excluding hydrogens is 243 g/mol. The Morgan fingerprint density at radius 3 is 2.37 bits per heavy atom. The summed E-state index contributed by atoms with van der Waals surface area (Å²) in [4.78, 5) is 0. The van der Waals surface area contributed by atoms with Crippen molar-refractivity contribution in [3.05, 3.63) is 65.5 Å². The van der Waals surface area contributed by atoms with E-state index in [2.05, 4.69) is 0 Å². The molecule has 0 bridgehead atoms. The fourth-order valence-corrected chi connectivity index (χ4v) is 1.94. The number of rotatable bonds is 4. The topological polar surface area (TPSA) is 29.5 Å². The van der Waals surface area contributed by atoms with Gasteiger partial charge in [0.05, 0.1) is 6.10 Å². The Morgan fingerprint density at radius 2 is 1.74 bits per heavy atom. The summed E-state index contributed by atoms with van der Waals surface area (Å²) >= 11 is 0. The maximum atomic E-state index is 13.3. The van der Waals surface area contributed by atoms with Crippen LogP contribution in [0.2, 0.25) is 0 Å². The van der Waals surface area contributed by atoms with Crippen LogP contribution < -0.4 is 4.74 Å². The van der Waals surface area contributed by atoms with E-state index in [1.54, 1.807) is 13.0 Å². The van der Waals surface area contributed by atoms with Gasteiger partial charge in [0.15, 0.2) is 0 Å². The van der Waals surface area contributed by atoms with Crippen LogP contribution in [0.25, 0.3) is 0 Å². The summed E-state index contributed by atoms with van der Waals surface area (Å²) in [5, 5.41) is 9.68. The monoisotopic (exact) mass is 260 g/mol. The second-order valence-electron chi connectivity index (χ2n) is 4.53. The van der Waals surface area contributed by atoms with Gasteiger partial charge in [-0.2, -0.15) is 0 Å². The summed E-state index contributed by atoms with van der Waals surface area (Å²) in [5.74, 6) is 0.00557. The van der Waals surface area contributed by atoms with Crippen LogP contribution in [0, 0.1) is 5.82 Å². The molecule has 0 aliphatic heterocycles. The molecule has 2 aromatic rings. The Labute approximate surface area is 112 Å². The average molecular weight is 260 g/mol. The van der Waals surface area contributed by atoms with Crippen molar-refractivity contribution in [3.63, 3.8) is 0 Å². The van der Waals surface area contributed by atoms with Crippen molar-refractivity contribution in [2.45, 2.75) is 26.1 Å². The van der Waals surface area contributed by atoms with Crippen molar-refractivity contribution in [2.24, 2.45) is 0 Å². The molecule has 2 rings (SSSR count). The van der Waals surface area contributed by atoms with Crippen LogP contribution in [0.4, 0.5) is 4.39 Å². The molecule has 0 saturated carbocycles. The molecule has 3 heteroatoms. The Morgan fingerprint density at radius 1 is 1.05 bits per heavy atom. The van der Waals surface area contributed by atoms with Crippen molar-refractivity contribution in [1.82, 2.24) is 0 Å². The summed E-state index contributed by atoms with van der Waals surface area (Å²) in [6, 6.07) is 13.9. The van der Waals surface area contributed by atoms with E-state index in [9.17, 15) is 9.50 Å². The van der Waals surface area contributed by atoms with Crippen molar-refractivity contribution >= 4 is 0 Å². The first-order chi connectivity index (χ1) is 9.08. The number of aliphatic hydroxyl groups is 1. The highest BCUT2D eigenvalue weighted by atomic mass is 19.1. The smallest absolute Gasteiger partial charge is 0.128 e. The van der Waals surface area contributed by atoms with Gasteiger partial charge in [-0.3, -0.25) is 0 Å². The highest BCUT2D eigenvalue weighted by molar-refractivity contribution is 5.36. The Balaban J connectivity index is 2.25. The summed E-state index contributed by atoms with van der Waals surface area (Å²) < 4.78 is 19.1. The number of hydrogen-bond donors (Lipinski definition) is 1. The maximum absolute atomic E-state index is 13.3. The number of hydrogen-bond acceptors (Lipinski definition) is 2. The Hall–Kier alpha value is -1.87. The maximum Gasteiger partial charge on any atom is 0.128 e. The number of aliphatic hydroxyl groups excluding tert-OH is 1. The molecule has 0 amide bonds. The second kappa shape index (κ2) is 5.85. The highest BCUT2D eigenvalue weighted by Crippen LogP contribution is 2.30. The van der Waals surface area contributed by atoms with Gasteiger partial charge in [-0.05, 0) is 31.5 Å². The molecular formula is C16H17FO2. The predicted molar refractivity (Wildman–Crippen MR) is 72.5 cm³/mol. The van der Waals surface area contributed by atoms with Gasteiger partial charge in [0.25, 0.3) is 0 Å². The third-order valence-electron chi connectivity index (χ3n) is 3.00. The molecule has 0 aromatic heterocycles. The van der Waals surface area contributed by atoms with E-state index in [0.29, 0.717) is 11.3 Å². The highest BCUT2D eigenvalue weighted by Gasteiger charge is 2.14. The third-order valence-corrected chi connectivity index (χ3v) is 3.00. The van der Waals surface area contributed by atoms with Crippen LogP contribution >= 0.6 is 0 Å². The molecule has 2 aromatic carbocycles. The number of ether oxygens (including phenoxy) is 1. The molecule has 100 valence electrons. The van der Waals surface area contributed by atoms with Crippen LogP contribution in [0.1, 0.15) is 37.2 Å². The molecule has 19 heavy (non-hydrogen) atoms. The lowest BCUT2D eigenvalue weighted by Crippen LogP contribution is -2.06. The molecule has 2 nitrogen and oxygen atoms in total. The molecule has 2 atom stereocenters. The average Bonchev–Trinajstić information content (AvgIpc) is 2.39. The zero-order chi connectivity index (χ0) is 13.8. The SMILES string of the molecule is CC(O)c1ccc(F)cc1OC(C)c1ccccc1. The lowest BCUT2D eigenvalue weighted by atomic mass is 10.1. The largest absolute Gasteiger partial charge is 0.486 e. The van der Waals surface area contributed by atoms with E-state index in [1.807, 2.05) is 37.3 Å². The lowest BCUT2D eigenvalue weighted by Gasteiger charge is -2.19. The standard InChI is InChI=1S/C16H17FO2/c1-11(18)15-9-8-14(17)10-16(15)19-12(2)13-6-4-3-5-7-13/h3-12,18H,1-2H3. The number of benzene rings is 2. The minimum absolute atomic E-state index is 0.208. The van der Waals surface area contributed by atoms with Crippen LogP contribution in [-0.4, -0.2) is 5.11 Å². The first-order valence-corrected chi connectivity index (χ1v) is 6.27. The molecule has 0 radical (unpaired) electrons. The Bertz CT molecular complexity index is 538. The molecule has 1 N–H and O–H groups in total. The van der Waals surface area contributed by atoms with Gasteiger partial charge in [0.1, 0.15) is 17.7 Å². The van der Waals surface area contributed by atoms with E-state index >= 15 is 0 Å². The fraction of sp³-hybridized carbons (Fsp3) is 0.250. The quantitative estimate of drug-likeness (QED) is 0.899. The molecule has 0 aliphatic rings. The van der Waals surface area contributed by atoms with E-state index in [4.69, 9.17) is 4.74 Å². The van der Waals surface area contributed by atoms with Crippen molar-refractivity contribution in [2.75, 3.05) is 0 Å². The molecule has 0 saturated heterocycles. The van der Waals surface area contributed by atoms with Crippen molar-refractivity contribution in [1.29, 1.82) is 0 Å². The van der Waals surface area contributed by atoms with E-state index in [1.165, 1.54) is 12.1 Å². The third kappa shape index (κ3) is 3.32. The summed E-state index contributed by atoms with van der Waals surface area (Å²) in [7, 11) is 0. The zero-order valence-corrected chi connectivity index (χ0v) is 11.0. The lowest BCUT2D eigenvalue weighted by molar-refractivity contribution is 0.178. The van der Waals surface area contributed by atoms with Crippen molar-refractivity contribution < 1.29 is 14.2 Å². The van der Waals surface area contributed by atoms with E-state index < -0.39 is 6.10 Å². The molecule has 2 unspecified atom stereocenters. The van der Waals surface area contributed by atoms with E-state index in [-0.39, 0.29) is 11.9 Å².